The van der Waals surface area contributed by atoms with Gasteiger partial charge in [0.05, 0.1) is 6.10 Å². The van der Waals surface area contributed by atoms with Crippen LogP contribution in [0.1, 0.15) is 44.1 Å². The lowest BCUT2D eigenvalue weighted by atomic mass is 9.74. The first-order valence-electron chi connectivity index (χ1n) is 7.61. The van der Waals surface area contributed by atoms with Gasteiger partial charge in [0.1, 0.15) is 0 Å². The highest BCUT2D eigenvalue weighted by Crippen LogP contribution is 2.47. The fourth-order valence-corrected chi connectivity index (χ4v) is 4.38. The van der Waals surface area contributed by atoms with E-state index in [0.717, 1.165) is 12.5 Å². The van der Waals surface area contributed by atoms with E-state index in [2.05, 4.69) is 42.3 Å². The highest BCUT2D eigenvalue weighted by atomic mass is 16.3. The molecule has 1 aromatic carbocycles. The van der Waals surface area contributed by atoms with Crippen LogP contribution in [0.5, 0.6) is 0 Å². The van der Waals surface area contributed by atoms with E-state index < -0.39 is 0 Å². The van der Waals surface area contributed by atoms with Gasteiger partial charge in [0, 0.05) is 12.1 Å². The fraction of sp³-hybridized carbons (Fsp3) is 0.647. The van der Waals surface area contributed by atoms with Crippen LogP contribution in [0.3, 0.4) is 0 Å². The van der Waals surface area contributed by atoms with E-state index >= 15 is 0 Å². The normalized spacial score (nSPS) is 36.4. The summed E-state index contributed by atoms with van der Waals surface area (Å²) in [6, 6.07) is 12.3. The number of fused-ring (bicyclic) bond motifs is 2. The Labute approximate surface area is 116 Å². The topological polar surface area (TPSA) is 23.5 Å². The Morgan fingerprint density at radius 3 is 2.68 bits per heavy atom. The molecule has 0 aromatic heterocycles. The lowest BCUT2D eigenvalue weighted by Gasteiger charge is -2.44. The molecule has 0 radical (unpaired) electrons. The summed E-state index contributed by atoms with van der Waals surface area (Å²) in [6.07, 6.45) is 4.64. The molecule has 0 saturated carbocycles. The quantitative estimate of drug-likeness (QED) is 0.902. The van der Waals surface area contributed by atoms with Crippen molar-refractivity contribution in [3.63, 3.8) is 0 Å². The van der Waals surface area contributed by atoms with Gasteiger partial charge in [-0.1, -0.05) is 30.3 Å². The molecule has 104 valence electrons. The second-order valence-corrected chi connectivity index (χ2v) is 6.47. The summed E-state index contributed by atoms with van der Waals surface area (Å²) < 4.78 is 0. The van der Waals surface area contributed by atoms with Crippen molar-refractivity contribution in [1.82, 2.24) is 4.90 Å². The van der Waals surface area contributed by atoms with Crippen LogP contribution in [0.25, 0.3) is 0 Å². The van der Waals surface area contributed by atoms with Gasteiger partial charge in [0.2, 0.25) is 0 Å². The molecule has 0 amide bonds. The molecule has 0 spiro atoms. The lowest BCUT2D eigenvalue weighted by Crippen LogP contribution is -2.46. The SMILES string of the molecule is C[C@@H](O)C[C@H]1[C@@H](c2ccccc2)C[C@@H]2CC[C@H]1N2C. The monoisotopic (exact) mass is 259 g/mol. The molecule has 2 aliphatic rings. The van der Waals surface area contributed by atoms with Gasteiger partial charge in [-0.15, -0.1) is 0 Å². The maximum atomic E-state index is 9.86. The summed E-state index contributed by atoms with van der Waals surface area (Å²) in [6.45, 7) is 1.93. The van der Waals surface area contributed by atoms with Gasteiger partial charge in [0.25, 0.3) is 0 Å². The smallest absolute Gasteiger partial charge is 0.0515 e. The molecular weight excluding hydrogens is 234 g/mol. The molecule has 1 N–H and O–H groups in total. The molecule has 1 aromatic rings. The first-order chi connectivity index (χ1) is 9.16. The minimum Gasteiger partial charge on any atom is -0.393 e. The van der Waals surface area contributed by atoms with E-state index in [1.807, 2.05) is 6.92 Å². The van der Waals surface area contributed by atoms with Gasteiger partial charge in [-0.3, -0.25) is 0 Å². The van der Waals surface area contributed by atoms with Crippen LogP contribution in [-0.4, -0.2) is 35.2 Å². The van der Waals surface area contributed by atoms with Crippen molar-refractivity contribution in [2.75, 3.05) is 7.05 Å². The molecule has 19 heavy (non-hydrogen) atoms. The Morgan fingerprint density at radius 1 is 1.26 bits per heavy atom. The van der Waals surface area contributed by atoms with Crippen molar-refractivity contribution in [1.29, 1.82) is 0 Å². The van der Waals surface area contributed by atoms with Crippen LogP contribution >= 0.6 is 0 Å². The van der Waals surface area contributed by atoms with Crippen LogP contribution in [0.2, 0.25) is 0 Å². The third-order valence-corrected chi connectivity index (χ3v) is 5.27. The third-order valence-electron chi connectivity index (χ3n) is 5.27. The summed E-state index contributed by atoms with van der Waals surface area (Å²) in [5.41, 5.74) is 1.47. The minimum atomic E-state index is -0.193. The molecular formula is C17H25NO. The highest BCUT2D eigenvalue weighted by molar-refractivity contribution is 5.23. The summed E-state index contributed by atoms with van der Waals surface area (Å²) >= 11 is 0. The van der Waals surface area contributed by atoms with E-state index in [9.17, 15) is 5.11 Å². The number of hydrogen-bond donors (Lipinski definition) is 1. The second kappa shape index (κ2) is 5.26. The molecule has 2 fully saturated rings. The van der Waals surface area contributed by atoms with Gasteiger partial charge >= 0.3 is 0 Å². The average molecular weight is 259 g/mol. The molecule has 5 atom stereocenters. The zero-order valence-electron chi connectivity index (χ0n) is 12.0. The predicted molar refractivity (Wildman–Crippen MR) is 78.2 cm³/mol. The van der Waals surface area contributed by atoms with Crippen LogP contribution < -0.4 is 0 Å². The van der Waals surface area contributed by atoms with E-state index in [4.69, 9.17) is 0 Å². The Balaban J connectivity index is 1.89. The van der Waals surface area contributed by atoms with Crippen molar-refractivity contribution in [3.8, 4) is 0 Å². The number of rotatable bonds is 3. The van der Waals surface area contributed by atoms with E-state index in [0.29, 0.717) is 17.9 Å². The van der Waals surface area contributed by atoms with Crippen LogP contribution in [0.4, 0.5) is 0 Å². The van der Waals surface area contributed by atoms with Crippen molar-refractivity contribution >= 4 is 0 Å². The summed E-state index contributed by atoms with van der Waals surface area (Å²) in [5.74, 6) is 1.23. The molecule has 2 nitrogen and oxygen atoms in total. The Morgan fingerprint density at radius 2 is 2.00 bits per heavy atom. The van der Waals surface area contributed by atoms with Crippen LogP contribution in [-0.2, 0) is 0 Å². The number of aliphatic hydroxyl groups is 1. The summed E-state index contributed by atoms with van der Waals surface area (Å²) in [5, 5.41) is 9.86. The number of piperidine rings is 1. The zero-order chi connectivity index (χ0) is 13.4. The second-order valence-electron chi connectivity index (χ2n) is 6.47. The number of nitrogens with zero attached hydrogens (tertiary/aromatic N) is 1. The van der Waals surface area contributed by atoms with Crippen LogP contribution in [0.15, 0.2) is 30.3 Å². The third kappa shape index (κ3) is 2.44. The number of aliphatic hydroxyl groups excluding tert-OH is 1. The molecule has 2 saturated heterocycles. The maximum Gasteiger partial charge on any atom is 0.0515 e. The van der Waals surface area contributed by atoms with E-state index in [-0.39, 0.29) is 6.10 Å². The molecule has 0 aliphatic carbocycles. The molecule has 2 heteroatoms. The number of hydrogen-bond acceptors (Lipinski definition) is 2. The van der Waals surface area contributed by atoms with Crippen molar-refractivity contribution in [2.45, 2.75) is 56.7 Å². The molecule has 3 rings (SSSR count). The predicted octanol–water partition coefficient (Wildman–Crippen LogP) is 3.02. The molecule has 2 bridgehead atoms. The van der Waals surface area contributed by atoms with Gasteiger partial charge in [-0.2, -0.15) is 0 Å². The summed E-state index contributed by atoms with van der Waals surface area (Å²) in [4.78, 5) is 2.58. The molecule has 2 aliphatic heterocycles. The molecule has 0 unspecified atom stereocenters. The first-order valence-corrected chi connectivity index (χ1v) is 7.61. The van der Waals surface area contributed by atoms with Gasteiger partial charge in [0.15, 0.2) is 0 Å². The maximum absolute atomic E-state index is 9.86. The van der Waals surface area contributed by atoms with E-state index in [1.54, 1.807) is 0 Å². The number of benzene rings is 1. The molecule has 2 heterocycles. The van der Waals surface area contributed by atoms with Gasteiger partial charge < -0.3 is 10.0 Å². The lowest BCUT2D eigenvalue weighted by molar-refractivity contribution is 0.0601. The van der Waals surface area contributed by atoms with Crippen LogP contribution in [0, 0.1) is 5.92 Å². The Hall–Kier alpha value is -0.860. The van der Waals surface area contributed by atoms with Crippen molar-refractivity contribution in [2.24, 2.45) is 5.92 Å². The van der Waals surface area contributed by atoms with Crippen molar-refractivity contribution in [3.05, 3.63) is 35.9 Å². The van der Waals surface area contributed by atoms with Gasteiger partial charge in [-0.25, -0.2) is 0 Å². The zero-order valence-corrected chi connectivity index (χ0v) is 12.0. The Bertz CT molecular complexity index is 417. The van der Waals surface area contributed by atoms with E-state index in [1.165, 1.54) is 24.8 Å². The highest BCUT2D eigenvalue weighted by Gasteiger charge is 2.45. The summed E-state index contributed by atoms with van der Waals surface area (Å²) in [7, 11) is 2.28. The van der Waals surface area contributed by atoms with Gasteiger partial charge in [-0.05, 0) is 57.1 Å². The van der Waals surface area contributed by atoms with Crippen molar-refractivity contribution < 1.29 is 5.11 Å². The Kier molecular flexibility index (Phi) is 3.64. The fourth-order valence-electron chi connectivity index (χ4n) is 4.38. The standard InChI is InChI=1S/C17H25NO/c1-12(19)10-16-15(13-6-4-3-5-7-13)11-14-8-9-17(16)18(14)2/h3-7,12,14-17,19H,8-11H2,1-2H3/t12-,14+,15-,16+,17-/m1/s1. The minimum absolute atomic E-state index is 0.193. The first kappa shape index (κ1) is 13.1. The average Bonchev–Trinajstić information content (AvgIpc) is 2.65. The largest absolute Gasteiger partial charge is 0.393 e.